The second-order valence-corrected chi connectivity index (χ2v) is 4.22. The van der Waals surface area contributed by atoms with Gasteiger partial charge < -0.3 is 15.0 Å². The van der Waals surface area contributed by atoms with Gasteiger partial charge in [0.05, 0.1) is 0 Å². The lowest BCUT2D eigenvalue weighted by Gasteiger charge is -2.16. The third-order valence-corrected chi connectivity index (χ3v) is 2.65. The molecule has 0 saturated heterocycles. The molecule has 0 atom stereocenters. The summed E-state index contributed by atoms with van der Waals surface area (Å²) in [6, 6.07) is 7.39. The fourth-order valence-electron chi connectivity index (χ4n) is 1.37. The Labute approximate surface area is 99.6 Å². The summed E-state index contributed by atoms with van der Waals surface area (Å²) >= 11 is 0. The van der Waals surface area contributed by atoms with Crippen molar-refractivity contribution < 1.29 is 9.26 Å². The number of nitrogens with two attached hydrogens (primary N) is 1. The Morgan fingerprint density at radius 1 is 1.29 bits per heavy atom. The van der Waals surface area contributed by atoms with Crippen molar-refractivity contribution in [2.24, 2.45) is 0 Å². The molecule has 17 heavy (non-hydrogen) atoms. The zero-order valence-electron chi connectivity index (χ0n) is 10.1. The fourth-order valence-corrected chi connectivity index (χ4v) is 1.37. The first kappa shape index (κ1) is 11.6. The molecule has 1 heterocycles. The number of benzene rings is 1. The summed E-state index contributed by atoms with van der Waals surface area (Å²) in [6.07, 6.45) is 0. The highest BCUT2D eigenvalue weighted by Gasteiger charge is 2.27. The molecule has 2 N–H and O–H groups in total. The predicted molar refractivity (Wildman–Crippen MR) is 64.2 cm³/mol. The highest BCUT2D eigenvalue weighted by atomic mass is 16.5. The molecule has 0 spiro atoms. The van der Waals surface area contributed by atoms with Crippen molar-refractivity contribution >= 4 is 5.69 Å². The maximum absolute atomic E-state index is 5.85. The summed E-state index contributed by atoms with van der Waals surface area (Å²) in [5, 5.41) is 3.92. The van der Waals surface area contributed by atoms with E-state index < -0.39 is 5.60 Å². The molecule has 1 aromatic heterocycles. The molecule has 1 aromatic carbocycles. The molecule has 2 rings (SSSR count). The molecule has 0 amide bonds. The van der Waals surface area contributed by atoms with Gasteiger partial charge in [-0.3, -0.25) is 0 Å². The van der Waals surface area contributed by atoms with Crippen molar-refractivity contribution in [1.29, 1.82) is 0 Å². The van der Waals surface area contributed by atoms with E-state index in [4.69, 9.17) is 15.0 Å². The van der Waals surface area contributed by atoms with Gasteiger partial charge in [0.25, 0.3) is 5.89 Å². The van der Waals surface area contributed by atoms with Crippen LogP contribution >= 0.6 is 0 Å². The lowest BCUT2D eigenvalue weighted by molar-refractivity contribution is -0.00786. The standard InChI is InChI=1S/C12H15N3O2/c1-12(2,16-3)11-14-10(15-17-11)8-6-4-5-7-9(8)13/h4-7H,13H2,1-3H3. The number of anilines is 1. The average molecular weight is 233 g/mol. The Kier molecular flexibility index (Phi) is 2.85. The van der Waals surface area contributed by atoms with Gasteiger partial charge in [-0.2, -0.15) is 4.98 Å². The Morgan fingerprint density at radius 3 is 2.65 bits per heavy atom. The van der Waals surface area contributed by atoms with Gasteiger partial charge in [0.2, 0.25) is 5.82 Å². The van der Waals surface area contributed by atoms with E-state index in [9.17, 15) is 0 Å². The van der Waals surface area contributed by atoms with E-state index in [2.05, 4.69) is 10.1 Å². The molecule has 0 aliphatic rings. The largest absolute Gasteiger partial charge is 0.398 e. The van der Waals surface area contributed by atoms with Crippen molar-refractivity contribution in [3.63, 3.8) is 0 Å². The van der Waals surface area contributed by atoms with Crippen LogP contribution in [-0.2, 0) is 10.3 Å². The van der Waals surface area contributed by atoms with Crippen molar-refractivity contribution in [3.05, 3.63) is 30.2 Å². The van der Waals surface area contributed by atoms with Crippen molar-refractivity contribution in [2.45, 2.75) is 19.4 Å². The van der Waals surface area contributed by atoms with Crippen LogP contribution in [0.3, 0.4) is 0 Å². The van der Waals surface area contributed by atoms with Gasteiger partial charge in [0.15, 0.2) is 0 Å². The first-order valence-corrected chi connectivity index (χ1v) is 5.29. The molecule has 5 heteroatoms. The van der Waals surface area contributed by atoms with Crippen LogP contribution in [-0.4, -0.2) is 17.3 Å². The minimum atomic E-state index is -0.602. The molecule has 5 nitrogen and oxygen atoms in total. The van der Waals surface area contributed by atoms with Crippen LogP contribution < -0.4 is 5.73 Å². The second kappa shape index (κ2) is 4.18. The highest BCUT2D eigenvalue weighted by molar-refractivity contribution is 5.70. The van der Waals surface area contributed by atoms with E-state index in [1.54, 1.807) is 13.2 Å². The van der Waals surface area contributed by atoms with Crippen LogP contribution in [0.2, 0.25) is 0 Å². The molecule has 0 aliphatic heterocycles. The third kappa shape index (κ3) is 2.14. The predicted octanol–water partition coefficient (Wildman–Crippen LogP) is 2.20. The summed E-state index contributed by atoms with van der Waals surface area (Å²) in [6.45, 7) is 3.72. The number of aromatic nitrogens is 2. The van der Waals surface area contributed by atoms with Gasteiger partial charge in [0, 0.05) is 18.4 Å². The average Bonchev–Trinajstić information content (AvgIpc) is 2.79. The summed E-state index contributed by atoms with van der Waals surface area (Å²) < 4.78 is 10.5. The normalized spacial score (nSPS) is 11.7. The van der Waals surface area contributed by atoms with Crippen molar-refractivity contribution in [3.8, 4) is 11.4 Å². The monoisotopic (exact) mass is 233 g/mol. The van der Waals surface area contributed by atoms with Crippen LogP contribution in [0.5, 0.6) is 0 Å². The van der Waals surface area contributed by atoms with Gasteiger partial charge in [0.1, 0.15) is 5.60 Å². The minimum absolute atomic E-state index is 0.429. The van der Waals surface area contributed by atoms with Crippen LogP contribution in [0.4, 0.5) is 5.69 Å². The number of nitrogen functional groups attached to an aromatic ring is 1. The topological polar surface area (TPSA) is 74.2 Å². The maximum atomic E-state index is 5.85. The van der Waals surface area contributed by atoms with Crippen LogP contribution in [0.15, 0.2) is 28.8 Å². The number of rotatable bonds is 3. The molecular weight excluding hydrogens is 218 g/mol. The zero-order valence-corrected chi connectivity index (χ0v) is 10.1. The molecular formula is C12H15N3O2. The smallest absolute Gasteiger partial charge is 0.258 e. The summed E-state index contributed by atoms with van der Waals surface area (Å²) in [5.41, 5.74) is 6.63. The van der Waals surface area contributed by atoms with Crippen molar-refractivity contribution in [1.82, 2.24) is 10.1 Å². The second-order valence-electron chi connectivity index (χ2n) is 4.22. The first-order valence-electron chi connectivity index (χ1n) is 5.29. The number of hydrogen-bond donors (Lipinski definition) is 1. The summed E-state index contributed by atoms with van der Waals surface area (Å²) in [7, 11) is 1.60. The molecule has 0 bridgehead atoms. The third-order valence-electron chi connectivity index (χ3n) is 2.65. The van der Waals surface area contributed by atoms with Crippen LogP contribution in [0.1, 0.15) is 19.7 Å². The molecule has 0 aliphatic carbocycles. The van der Waals surface area contributed by atoms with E-state index in [0.717, 1.165) is 5.56 Å². The fraction of sp³-hybridized carbons (Fsp3) is 0.333. The lowest BCUT2D eigenvalue weighted by atomic mass is 10.1. The number of nitrogens with zero attached hydrogens (tertiary/aromatic N) is 2. The first-order chi connectivity index (χ1) is 8.04. The summed E-state index contributed by atoms with van der Waals surface area (Å²) in [4.78, 5) is 4.30. The van der Waals surface area contributed by atoms with Crippen molar-refractivity contribution in [2.75, 3.05) is 12.8 Å². The minimum Gasteiger partial charge on any atom is -0.398 e. The molecule has 0 radical (unpaired) electrons. The van der Waals surface area contributed by atoms with E-state index in [1.807, 2.05) is 32.0 Å². The van der Waals surface area contributed by atoms with Gasteiger partial charge in [-0.15, -0.1) is 0 Å². The molecule has 90 valence electrons. The molecule has 0 unspecified atom stereocenters. The van der Waals surface area contributed by atoms with Gasteiger partial charge in [-0.1, -0.05) is 17.3 Å². The van der Waals surface area contributed by atoms with E-state index in [-0.39, 0.29) is 0 Å². The van der Waals surface area contributed by atoms with Crippen LogP contribution in [0.25, 0.3) is 11.4 Å². The lowest BCUT2D eigenvalue weighted by Crippen LogP contribution is -2.19. The SMILES string of the molecule is COC(C)(C)c1nc(-c2ccccc2N)no1. The maximum Gasteiger partial charge on any atom is 0.258 e. The Bertz CT molecular complexity index is 520. The number of para-hydroxylation sites is 1. The summed E-state index contributed by atoms with van der Waals surface area (Å²) in [5.74, 6) is 0.904. The Hall–Kier alpha value is -1.88. The number of methoxy groups -OCH3 is 1. The number of hydrogen-bond acceptors (Lipinski definition) is 5. The van der Waals surface area contributed by atoms with Gasteiger partial charge in [-0.05, 0) is 26.0 Å². The zero-order chi connectivity index (χ0) is 12.5. The van der Waals surface area contributed by atoms with Gasteiger partial charge >= 0.3 is 0 Å². The highest BCUT2D eigenvalue weighted by Crippen LogP contribution is 2.27. The quantitative estimate of drug-likeness (QED) is 0.822. The Morgan fingerprint density at radius 2 is 2.00 bits per heavy atom. The van der Waals surface area contributed by atoms with Gasteiger partial charge in [-0.25, -0.2) is 0 Å². The Balaban J connectivity index is 2.40. The molecule has 0 fully saturated rings. The van der Waals surface area contributed by atoms with E-state index in [0.29, 0.717) is 17.4 Å². The van der Waals surface area contributed by atoms with E-state index in [1.165, 1.54) is 0 Å². The molecule has 2 aromatic rings. The molecule has 0 saturated carbocycles. The number of ether oxygens (including phenoxy) is 1. The van der Waals surface area contributed by atoms with E-state index >= 15 is 0 Å². The van der Waals surface area contributed by atoms with Crippen LogP contribution in [0, 0.1) is 0 Å².